The summed E-state index contributed by atoms with van der Waals surface area (Å²) in [5, 5.41) is 9.78. The average molecular weight is 267 g/mol. The molecule has 1 saturated carbocycles. The van der Waals surface area contributed by atoms with Crippen LogP contribution in [-0.4, -0.2) is 34.1 Å². The van der Waals surface area contributed by atoms with Crippen molar-refractivity contribution in [3.8, 4) is 0 Å². The maximum Gasteiger partial charge on any atom is 0.324 e. The Hall–Kier alpha value is -0.570. The Morgan fingerprint density at radius 3 is 2.37 bits per heavy atom. The highest BCUT2D eigenvalue weighted by Crippen LogP contribution is 2.38. The van der Waals surface area contributed by atoms with Crippen LogP contribution in [-0.2, 0) is 4.79 Å². The van der Waals surface area contributed by atoms with Crippen LogP contribution in [0.15, 0.2) is 0 Å². The molecule has 1 atom stereocenters. The maximum atomic E-state index is 11.9. The van der Waals surface area contributed by atoms with Crippen molar-refractivity contribution in [2.45, 2.75) is 89.1 Å². The molecule has 0 spiro atoms. The largest absolute Gasteiger partial charge is 0.480 e. The van der Waals surface area contributed by atoms with Gasteiger partial charge >= 0.3 is 5.97 Å². The molecule has 0 aromatic heterocycles. The van der Waals surface area contributed by atoms with Gasteiger partial charge in [-0.1, -0.05) is 45.4 Å². The second kappa shape index (κ2) is 6.74. The van der Waals surface area contributed by atoms with E-state index >= 15 is 0 Å². The molecule has 1 N–H and O–H groups in total. The smallest absolute Gasteiger partial charge is 0.324 e. The number of nitrogens with zero attached hydrogens (tertiary/aromatic N) is 1. The minimum atomic E-state index is -0.575. The summed E-state index contributed by atoms with van der Waals surface area (Å²) >= 11 is 0. The Morgan fingerprint density at radius 1 is 1.16 bits per heavy atom. The molecule has 0 aromatic carbocycles. The van der Waals surface area contributed by atoms with Crippen molar-refractivity contribution in [1.82, 2.24) is 4.90 Å². The van der Waals surface area contributed by atoms with E-state index in [0.717, 1.165) is 32.2 Å². The van der Waals surface area contributed by atoms with Crippen LogP contribution in [0.25, 0.3) is 0 Å². The SMILES string of the molecule is CCCC1(C(=O)O)CCCN1C1CCCCCCC1. The van der Waals surface area contributed by atoms with Crippen molar-refractivity contribution in [3.63, 3.8) is 0 Å². The van der Waals surface area contributed by atoms with Crippen molar-refractivity contribution in [1.29, 1.82) is 0 Å². The fraction of sp³-hybridized carbons (Fsp3) is 0.938. The second-order valence-electron chi connectivity index (χ2n) is 6.38. The summed E-state index contributed by atoms with van der Waals surface area (Å²) in [5.41, 5.74) is -0.543. The quantitative estimate of drug-likeness (QED) is 0.842. The molecule has 2 rings (SSSR count). The van der Waals surface area contributed by atoms with Crippen molar-refractivity contribution in [3.05, 3.63) is 0 Å². The Labute approximate surface area is 117 Å². The lowest BCUT2D eigenvalue weighted by atomic mass is 9.87. The standard InChI is InChI=1S/C16H29NO2/c1-2-11-16(15(18)19)12-8-13-17(16)14-9-6-4-3-5-7-10-14/h14H,2-13H2,1H3,(H,18,19). The van der Waals surface area contributed by atoms with Crippen molar-refractivity contribution < 1.29 is 9.90 Å². The van der Waals surface area contributed by atoms with E-state index in [2.05, 4.69) is 11.8 Å². The molecular formula is C16H29NO2. The lowest BCUT2D eigenvalue weighted by Gasteiger charge is -2.41. The summed E-state index contributed by atoms with van der Waals surface area (Å²) in [4.78, 5) is 14.3. The molecule has 1 heterocycles. The Balaban J connectivity index is 2.12. The van der Waals surface area contributed by atoms with Gasteiger partial charge in [-0.25, -0.2) is 0 Å². The molecule has 2 fully saturated rings. The van der Waals surface area contributed by atoms with E-state index in [1.807, 2.05) is 0 Å². The highest BCUT2D eigenvalue weighted by molar-refractivity contribution is 5.79. The van der Waals surface area contributed by atoms with Gasteiger partial charge in [0, 0.05) is 6.04 Å². The number of aliphatic carboxylic acids is 1. The summed E-state index contributed by atoms with van der Waals surface area (Å²) in [6, 6.07) is 0.519. The van der Waals surface area contributed by atoms with Gasteiger partial charge in [-0.3, -0.25) is 9.69 Å². The zero-order chi connectivity index (χ0) is 13.7. The molecule has 3 heteroatoms. The van der Waals surface area contributed by atoms with Crippen LogP contribution in [0.2, 0.25) is 0 Å². The van der Waals surface area contributed by atoms with E-state index in [1.165, 1.54) is 44.9 Å². The van der Waals surface area contributed by atoms with Gasteiger partial charge in [0.25, 0.3) is 0 Å². The predicted molar refractivity (Wildman–Crippen MR) is 77.3 cm³/mol. The molecule has 0 aromatic rings. The van der Waals surface area contributed by atoms with Gasteiger partial charge in [-0.15, -0.1) is 0 Å². The lowest BCUT2D eigenvalue weighted by Crippen LogP contribution is -2.54. The highest BCUT2D eigenvalue weighted by Gasteiger charge is 2.48. The normalized spacial score (nSPS) is 31.0. The van der Waals surface area contributed by atoms with Crippen LogP contribution < -0.4 is 0 Å². The van der Waals surface area contributed by atoms with Gasteiger partial charge in [0.2, 0.25) is 0 Å². The number of carboxylic acids is 1. The highest BCUT2D eigenvalue weighted by atomic mass is 16.4. The van der Waals surface area contributed by atoms with Crippen LogP contribution in [0.4, 0.5) is 0 Å². The third-order valence-electron chi connectivity index (χ3n) is 5.12. The molecule has 0 amide bonds. The Bertz CT molecular complexity index is 297. The molecular weight excluding hydrogens is 238 g/mol. The monoisotopic (exact) mass is 267 g/mol. The first-order valence-electron chi connectivity index (χ1n) is 8.21. The summed E-state index contributed by atoms with van der Waals surface area (Å²) < 4.78 is 0. The third kappa shape index (κ3) is 3.13. The molecule has 110 valence electrons. The van der Waals surface area contributed by atoms with Gasteiger partial charge in [0.05, 0.1) is 0 Å². The first-order valence-corrected chi connectivity index (χ1v) is 8.21. The van der Waals surface area contributed by atoms with Gasteiger partial charge in [-0.2, -0.15) is 0 Å². The van der Waals surface area contributed by atoms with Gasteiger partial charge in [0.1, 0.15) is 5.54 Å². The fourth-order valence-corrected chi connectivity index (χ4v) is 4.20. The number of likely N-dealkylation sites (tertiary alicyclic amines) is 1. The van der Waals surface area contributed by atoms with Crippen LogP contribution in [0.3, 0.4) is 0 Å². The van der Waals surface area contributed by atoms with E-state index < -0.39 is 11.5 Å². The molecule has 1 aliphatic carbocycles. The second-order valence-corrected chi connectivity index (χ2v) is 6.38. The zero-order valence-electron chi connectivity index (χ0n) is 12.4. The van der Waals surface area contributed by atoms with Gasteiger partial charge in [0.15, 0.2) is 0 Å². The maximum absolute atomic E-state index is 11.9. The number of carboxylic acid groups (broad SMARTS) is 1. The molecule has 0 bridgehead atoms. The molecule has 2 aliphatic rings. The lowest BCUT2D eigenvalue weighted by molar-refractivity contribution is -0.152. The van der Waals surface area contributed by atoms with Crippen molar-refractivity contribution >= 4 is 5.97 Å². The zero-order valence-corrected chi connectivity index (χ0v) is 12.4. The minimum absolute atomic E-state index is 0.519. The minimum Gasteiger partial charge on any atom is -0.480 e. The number of hydrogen-bond acceptors (Lipinski definition) is 2. The first-order chi connectivity index (χ1) is 9.20. The molecule has 3 nitrogen and oxygen atoms in total. The summed E-state index contributed by atoms with van der Waals surface area (Å²) in [5.74, 6) is -0.575. The molecule has 0 radical (unpaired) electrons. The van der Waals surface area contributed by atoms with Crippen LogP contribution in [0.5, 0.6) is 0 Å². The Kier molecular flexibility index (Phi) is 5.26. The number of rotatable bonds is 4. The van der Waals surface area contributed by atoms with Crippen LogP contribution in [0, 0.1) is 0 Å². The van der Waals surface area contributed by atoms with Gasteiger partial charge < -0.3 is 5.11 Å². The van der Waals surface area contributed by atoms with Crippen LogP contribution in [0.1, 0.15) is 77.6 Å². The summed E-state index contributed by atoms with van der Waals surface area (Å²) in [7, 11) is 0. The summed E-state index contributed by atoms with van der Waals surface area (Å²) in [6.07, 6.45) is 12.7. The first kappa shape index (κ1) is 14.8. The Morgan fingerprint density at radius 2 is 1.79 bits per heavy atom. The average Bonchev–Trinajstić information content (AvgIpc) is 2.74. The van der Waals surface area contributed by atoms with Crippen molar-refractivity contribution in [2.75, 3.05) is 6.54 Å². The fourth-order valence-electron chi connectivity index (χ4n) is 4.20. The predicted octanol–water partition coefficient (Wildman–Crippen LogP) is 3.82. The van der Waals surface area contributed by atoms with E-state index in [0.29, 0.717) is 6.04 Å². The molecule has 1 unspecified atom stereocenters. The van der Waals surface area contributed by atoms with Gasteiger partial charge in [-0.05, 0) is 38.6 Å². The molecule has 19 heavy (non-hydrogen) atoms. The van der Waals surface area contributed by atoms with E-state index in [4.69, 9.17) is 0 Å². The summed E-state index contributed by atoms with van der Waals surface area (Å²) in [6.45, 7) is 3.11. The topological polar surface area (TPSA) is 40.5 Å². The van der Waals surface area contributed by atoms with E-state index in [9.17, 15) is 9.90 Å². The number of hydrogen-bond donors (Lipinski definition) is 1. The molecule has 1 saturated heterocycles. The van der Waals surface area contributed by atoms with E-state index in [1.54, 1.807) is 0 Å². The van der Waals surface area contributed by atoms with Crippen molar-refractivity contribution in [2.24, 2.45) is 0 Å². The van der Waals surface area contributed by atoms with E-state index in [-0.39, 0.29) is 0 Å². The van der Waals surface area contributed by atoms with Crippen LogP contribution >= 0.6 is 0 Å². The number of carbonyl (C=O) groups is 1. The third-order valence-corrected chi connectivity index (χ3v) is 5.12. The molecule has 1 aliphatic heterocycles.